The van der Waals surface area contributed by atoms with Crippen LogP contribution in [0.25, 0.3) is 0 Å². The van der Waals surface area contributed by atoms with E-state index in [-0.39, 0.29) is 0 Å². The highest BCUT2D eigenvalue weighted by molar-refractivity contribution is 5.35. The highest BCUT2D eigenvalue weighted by Crippen LogP contribution is 2.30. The predicted molar refractivity (Wildman–Crippen MR) is 84.4 cm³/mol. The minimum absolute atomic E-state index is 0.444. The molecule has 0 radical (unpaired) electrons. The van der Waals surface area contributed by atoms with Crippen LogP contribution >= 0.6 is 0 Å². The summed E-state index contributed by atoms with van der Waals surface area (Å²) in [6.45, 7) is 8.12. The Labute approximate surface area is 118 Å². The zero-order chi connectivity index (χ0) is 14.3. The van der Waals surface area contributed by atoms with Gasteiger partial charge < -0.3 is 11.5 Å². The molecule has 1 aromatic carbocycles. The maximum atomic E-state index is 5.81. The molecule has 19 heavy (non-hydrogen) atoms. The first-order valence-electron chi connectivity index (χ1n) is 7.71. The first-order valence-corrected chi connectivity index (χ1v) is 7.71. The molecule has 1 unspecified atom stereocenters. The number of rotatable bonds is 8. The summed E-state index contributed by atoms with van der Waals surface area (Å²) in [4.78, 5) is 0. The van der Waals surface area contributed by atoms with Crippen LogP contribution in [0.5, 0.6) is 0 Å². The van der Waals surface area contributed by atoms with Gasteiger partial charge in [0.2, 0.25) is 0 Å². The SMILES string of the molecule is CCc1ccc(CC)c(C(CC)CC(CN)CN)c1. The first kappa shape index (κ1) is 16.2. The van der Waals surface area contributed by atoms with Crippen LogP contribution in [0, 0.1) is 5.92 Å². The highest BCUT2D eigenvalue weighted by atomic mass is 14.6. The van der Waals surface area contributed by atoms with Gasteiger partial charge >= 0.3 is 0 Å². The van der Waals surface area contributed by atoms with Gasteiger partial charge in [0, 0.05) is 0 Å². The maximum Gasteiger partial charge on any atom is -0.00366 e. The molecule has 0 aliphatic carbocycles. The second kappa shape index (κ2) is 8.34. The summed E-state index contributed by atoms with van der Waals surface area (Å²) in [6, 6.07) is 6.96. The third kappa shape index (κ3) is 4.32. The van der Waals surface area contributed by atoms with Crippen molar-refractivity contribution in [3.63, 3.8) is 0 Å². The van der Waals surface area contributed by atoms with Gasteiger partial charge in [-0.05, 0) is 67.3 Å². The smallest absolute Gasteiger partial charge is 0.00366 e. The Balaban J connectivity index is 3.01. The van der Waals surface area contributed by atoms with Crippen molar-refractivity contribution < 1.29 is 0 Å². The molecule has 0 spiro atoms. The fourth-order valence-corrected chi connectivity index (χ4v) is 2.77. The van der Waals surface area contributed by atoms with E-state index in [9.17, 15) is 0 Å². The number of hydrogen-bond acceptors (Lipinski definition) is 2. The van der Waals surface area contributed by atoms with Crippen LogP contribution in [0.4, 0.5) is 0 Å². The van der Waals surface area contributed by atoms with Gasteiger partial charge in [0.25, 0.3) is 0 Å². The van der Waals surface area contributed by atoms with Crippen molar-refractivity contribution in [2.24, 2.45) is 17.4 Å². The molecule has 0 aromatic heterocycles. The molecule has 1 rings (SSSR count). The monoisotopic (exact) mass is 262 g/mol. The van der Waals surface area contributed by atoms with Gasteiger partial charge in [0.15, 0.2) is 0 Å². The fraction of sp³-hybridized carbons (Fsp3) is 0.647. The molecule has 0 aliphatic rings. The predicted octanol–water partition coefficient (Wildman–Crippen LogP) is 3.23. The molecule has 0 heterocycles. The van der Waals surface area contributed by atoms with Crippen molar-refractivity contribution in [2.75, 3.05) is 13.1 Å². The summed E-state index contributed by atoms with van der Waals surface area (Å²) in [5.41, 5.74) is 16.1. The van der Waals surface area contributed by atoms with Gasteiger partial charge in [0.1, 0.15) is 0 Å². The molecule has 0 saturated carbocycles. The Bertz CT molecular complexity index is 370. The van der Waals surface area contributed by atoms with Gasteiger partial charge in [-0.25, -0.2) is 0 Å². The van der Waals surface area contributed by atoms with E-state index >= 15 is 0 Å². The summed E-state index contributed by atoms with van der Waals surface area (Å²) in [5, 5.41) is 0. The van der Waals surface area contributed by atoms with Gasteiger partial charge in [-0.2, -0.15) is 0 Å². The minimum Gasteiger partial charge on any atom is -0.330 e. The lowest BCUT2D eigenvalue weighted by Gasteiger charge is -2.23. The third-order valence-electron chi connectivity index (χ3n) is 4.22. The lowest BCUT2D eigenvalue weighted by molar-refractivity contribution is 0.441. The molecule has 108 valence electrons. The van der Waals surface area contributed by atoms with Gasteiger partial charge in [-0.15, -0.1) is 0 Å². The van der Waals surface area contributed by atoms with Crippen molar-refractivity contribution in [3.05, 3.63) is 34.9 Å². The molecule has 0 amide bonds. The van der Waals surface area contributed by atoms with E-state index in [0.29, 0.717) is 24.9 Å². The number of benzene rings is 1. The average molecular weight is 262 g/mol. The zero-order valence-electron chi connectivity index (χ0n) is 12.8. The Morgan fingerprint density at radius 1 is 1.00 bits per heavy atom. The molecule has 1 atom stereocenters. The van der Waals surface area contributed by atoms with Crippen LogP contribution in [0.1, 0.15) is 56.2 Å². The molecule has 2 heteroatoms. The second-order valence-electron chi connectivity index (χ2n) is 5.42. The van der Waals surface area contributed by atoms with Crippen molar-refractivity contribution >= 4 is 0 Å². The molecule has 0 saturated heterocycles. The van der Waals surface area contributed by atoms with Crippen molar-refractivity contribution in [3.8, 4) is 0 Å². The summed E-state index contributed by atoms with van der Waals surface area (Å²) >= 11 is 0. The minimum atomic E-state index is 0.444. The van der Waals surface area contributed by atoms with E-state index in [0.717, 1.165) is 25.7 Å². The fourth-order valence-electron chi connectivity index (χ4n) is 2.77. The summed E-state index contributed by atoms with van der Waals surface area (Å²) in [7, 11) is 0. The number of hydrogen-bond donors (Lipinski definition) is 2. The Kier molecular flexibility index (Phi) is 7.11. The van der Waals surface area contributed by atoms with Crippen molar-refractivity contribution in [1.82, 2.24) is 0 Å². The lowest BCUT2D eigenvalue weighted by atomic mass is 9.83. The summed E-state index contributed by atoms with van der Waals surface area (Å²) in [5.74, 6) is 1.04. The standard InChI is InChI=1S/C17H30N2/c1-4-13-7-8-15(5-2)17(10-13)16(6-3)9-14(11-18)12-19/h7-8,10,14,16H,4-6,9,11-12,18-19H2,1-3H3. The average Bonchev–Trinajstić information content (AvgIpc) is 2.48. The van der Waals surface area contributed by atoms with Crippen molar-refractivity contribution in [1.29, 1.82) is 0 Å². The van der Waals surface area contributed by atoms with Crippen LogP contribution in [-0.2, 0) is 12.8 Å². The molecule has 4 N–H and O–H groups in total. The van der Waals surface area contributed by atoms with E-state index in [1.807, 2.05) is 0 Å². The van der Waals surface area contributed by atoms with Gasteiger partial charge in [-0.1, -0.05) is 39.0 Å². The highest BCUT2D eigenvalue weighted by Gasteiger charge is 2.17. The number of aryl methyl sites for hydroxylation is 2. The maximum absolute atomic E-state index is 5.81. The van der Waals surface area contributed by atoms with Crippen molar-refractivity contribution in [2.45, 2.75) is 52.4 Å². The van der Waals surface area contributed by atoms with E-state index in [1.54, 1.807) is 0 Å². The molecular weight excluding hydrogens is 232 g/mol. The second-order valence-corrected chi connectivity index (χ2v) is 5.42. The van der Waals surface area contributed by atoms with Gasteiger partial charge in [0.05, 0.1) is 0 Å². The quantitative estimate of drug-likeness (QED) is 0.755. The summed E-state index contributed by atoms with van der Waals surface area (Å²) < 4.78 is 0. The molecular formula is C17H30N2. The lowest BCUT2D eigenvalue weighted by Crippen LogP contribution is -2.25. The van der Waals surface area contributed by atoms with Crippen LogP contribution in [0.15, 0.2) is 18.2 Å². The third-order valence-corrected chi connectivity index (χ3v) is 4.22. The summed E-state index contributed by atoms with van der Waals surface area (Å²) in [6.07, 6.45) is 4.48. The van der Waals surface area contributed by atoms with E-state index in [1.165, 1.54) is 16.7 Å². The zero-order valence-corrected chi connectivity index (χ0v) is 12.8. The van der Waals surface area contributed by atoms with Crippen LogP contribution < -0.4 is 11.5 Å². The molecule has 0 fully saturated rings. The van der Waals surface area contributed by atoms with Gasteiger partial charge in [-0.3, -0.25) is 0 Å². The largest absolute Gasteiger partial charge is 0.330 e. The van der Waals surface area contributed by atoms with Crippen LogP contribution in [0.2, 0.25) is 0 Å². The van der Waals surface area contributed by atoms with E-state index in [4.69, 9.17) is 11.5 Å². The number of nitrogens with two attached hydrogens (primary N) is 2. The topological polar surface area (TPSA) is 52.0 Å². The van der Waals surface area contributed by atoms with E-state index < -0.39 is 0 Å². The normalized spacial score (nSPS) is 12.9. The van der Waals surface area contributed by atoms with Crippen LogP contribution in [0.3, 0.4) is 0 Å². The Morgan fingerprint density at radius 3 is 2.16 bits per heavy atom. The Hall–Kier alpha value is -0.860. The first-order chi connectivity index (χ1) is 9.19. The molecule has 0 aliphatic heterocycles. The van der Waals surface area contributed by atoms with Crippen LogP contribution in [-0.4, -0.2) is 13.1 Å². The molecule has 0 bridgehead atoms. The molecule has 2 nitrogen and oxygen atoms in total. The van der Waals surface area contributed by atoms with E-state index in [2.05, 4.69) is 39.0 Å². The molecule has 1 aromatic rings. The Morgan fingerprint density at radius 2 is 1.68 bits per heavy atom.